The molecule has 1 unspecified atom stereocenters. The van der Waals surface area contributed by atoms with Crippen LogP contribution < -0.4 is 11.2 Å². The number of alkyl halides is 1. The third-order valence-corrected chi connectivity index (χ3v) is 3.08. The van der Waals surface area contributed by atoms with Crippen molar-refractivity contribution in [3.8, 4) is 0 Å². The second-order valence-corrected chi connectivity index (χ2v) is 4.55. The molecule has 0 aliphatic carbocycles. The molecule has 1 aliphatic rings. The summed E-state index contributed by atoms with van der Waals surface area (Å²) in [6, 6.07) is 0. The van der Waals surface area contributed by atoms with Gasteiger partial charge in [-0.3, -0.25) is 14.3 Å². The van der Waals surface area contributed by atoms with Crippen molar-refractivity contribution in [2.24, 2.45) is 5.11 Å². The second-order valence-electron chi connectivity index (χ2n) is 4.55. The normalized spacial score (nSPS) is 24.8. The van der Waals surface area contributed by atoms with Gasteiger partial charge in [0.05, 0.1) is 0 Å². The first-order valence-electron chi connectivity index (χ1n) is 6.08. The third kappa shape index (κ3) is 3.21. The molecule has 10 heteroatoms. The van der Waals surface area contributed by atoms with E-state index in [0.29, 0.717) is 0 Å². The van der Waals surface area contributed by atoms with E-state index < -0.39 is 42.5 Å². The lowest BCUT2D eigenvalue weighted by molar-refractivity contribution is -0.0382. The van der Waals surface area contributed by atoms with Gasteiger partial charge in [-0.1, -0.05) is 5.11 Å². The Morgan fingerprint density at radius 2 is 2.38 bits per heavy atom. The van der Waals surface area contributed by atoms with E-state index in [-0.39, 0.29) is 12.0 Å². The van der Waals surface area contributed by atoms with Crippen molar-refractivity contribution in [3.63, 3.8) is 0 Å². The number of halogens is 1. The van der Waals surface area contributed by atoms with Crippen LogP contribution in [0.4, 0.5) is 9.18 Å². The van der Waals surface area contributed by atoms with Crippen LogP contribution in [0.1, 0.15) is 18.2 Å². The SMILES string of the molecule is Cc1cn([C@H]2CC(F)[C@@H](COC(=O)N=N)O2)c(=O)[nH]c1=O. The lowest BCUT2D eigenvalue weighted by Crippen LogP contribution is -2.33. The van der Waals surface area contributed by atoms with Gasteiger partial charge in [-0.2, -0.15) is 5.53 Å². The van der Waals surface area contributed by atoms with Crippen LogP contribution in [0.2, 0.25) is 0 Å². The number of aromatic amines is 1. The maximum Gasteiger partial charge on any atom is 0.451 e. The van der Waals surface area contributed by atoms with E-state index in [0.717, 1.165) is 4.57 Å². The molecule has 2 N–H and O–H groups in total. The van der Waals surface area contributed by atoms with E-state index in [1.807, 2.05) is 0 Å². The molecule has 2 heterocycles. The number of aromatic nitrogens is 2. The number of H-pyrrole nitrogens is 1. The van der Waals surface area contributed by atoms with Crippen LogP contribution in [0, 0.1) is 12.5 Å². The highest BCUT2D eigenvalue weighted by Gasteiger charge is 2.37. The van der Waals surface area contributed by atoms with Gasteiger partial charge in [0.1, 0.15) is 25.1 Å². The number of nitrogens with one attached hydrogen (secondary N) is 2. The number of aryl methyl sites for hydroxylation is 1. The monoisotopic (exact) mass is 300 g/mol. The number of carbonyl (C=O) groups excluding carboxylic acids is 1. The van der Waals surface area contributed by atoms with Gasteiger partial charge in [0, 0.05) is 18.2 Å². The Labute approximate surface area is 117 Å². The Hall–Kier alpha value is -2.36. The first kappa shape index (κ1) is 15.0. The zero-order valence-electron chi connectivity index (χ0n) is 11.0. The fourth-order valence-corrected chi connectivity index (χ4v) is 2.00. The van der Waals surface area contributed by atoms with Gasteiger partial charge in [0.25, 0.3) is 5.56 Å². The van der Waals surface area contributed by atoms with Crippen molar-refractivity contribution in [1.82, 2.24) is 9.55 Å². The van der Waals surface area contributed by atoms with E-state index in [1.54, 1.807) is 0 Å². The predicted octanol–water partition coefficient (Wildman–Crippen LogP) is 0.638. The molecule has 1 aromatic heterocycles. The minimum absolute atomic E-state index is 0.119. The van der Waals surface area contributed by atoms with Crippen LogP contribution in [0.15, 0.2) is 20.9 Å². The van der Waals surface area contributed by atoms with Gasteiger partial charge >= 0.3 is 11.8 Å². The van der Waals surface area contributed by atoms with E-state index in [9.17, 15) is 18.8 Å². The van der Waals surface area contributed by atoms with Crippen LogP contribution in [0.25, 0.3) is 0 Å². The van der Waals surface area contributed by atoms with Crippen LogP contribution in [0.3, 0.4) is 0 Å². The summed E-state index contributed by atoms with van der Waals surface area (Å²) in [6.07, 6.45) is -3.39. The predicted molar refractivity (Wildman–Crippen MR) is 66.0 cm³/mol. The fourth-order valence-electron chi connectivity index (χ4n) is 2.00. The molecular weight excluding hydrogens is 287 g/mol. The molecule has 0 bridgehead atoms. The summed E-state index contributed by atoms with van der Waals surface area (Å²) < 4.78 is 24.7. The highest BCUT2D eigenvalue weighted by Crippen LogP contribution is 2.30. The van der Waals surface area contributed by atoms with Gasteiger partial charge in [-0.15, -0.1) is 0 Å². The zero-order valence-corrected chi connectivity index (χ0v) is 11.0. The molecule has 1 aliphatic heterocycles. The van der Waals surface area contributed by atoms with Gasteiger partial charge < -0.3 is 9.47 Å². The molecule has 1 amide bonds. The van der Waals surface area contributed by atoms with Gasteiger partial charge in [-0.05, 0) is 6.92 Å². The summed E-state index contributed by atoms with van der Waals surface area (Å²) in [5, 5.41) is 2.50. The third-order valence-electron chi connectivity index (χ3n) is 3.08. The number of nitrogens with zero attached hydrogens (tertiary/aromatic N) is 2. The smallest absolute Gasteiger partial charge is 0.444 e. The van der Waals surface area contributed by atoms with Crippen molar-refractivity contribution in [2.75, 3.05) is 6.61 Å². The summed E-state index contributed by atoms with van der Waals surface area (Å²) in [5.74, 6) is 0. The molecule has 21 heavy (non-hydrogen) atoms. The molecule has 9 nitrogen and oxygen atoms in total. The van der Waals surface area contributed by atoms with E-state index in [4.69, 9.17) is 10.3 Å². The summed E-state index contributed by atoms with van der Waals surface area (Å²) >= 11 is 0. The minimum atomic E-state index is -1.45. The molecule has 1 saturated heterocycles. The van der Waals surface area contributed by atoms with Gasteiger partial charge in [-0.25, -0.2) is 14.0 Å². The highest BCUT2D eigenvalue weighted by molar-refractivity contribution is 5.66. The Morgan fingerprint density at radius 3 is 3.05 bits per heavy atom. The summed E-state index contributed by atoms with van der Waals surface area (Å²) in [5.41, 5.74) is 5.48. The van der Waals surface area contributed by atoms with Crippen LogP contribution >= 0.6 is 0 Å². The maximum absolute atomic E-state index is 13.8. The molecule has 0 spiro atoms. The van der Waals surface area contributed by atoms with Crippen molar-refractivity contribution < 1.29 is 18.7 Å². The Bertz CT molecular complexity index is 669. The van der Waals surface area contributed by atoms with Crippen LogP contribution in [-0.4, -0.2) is 34.5 Å². The molecule has 2 rings (SSSR count). The number of carbonyl (C=O) groups is 1. The summed E-state index contributed by atoms with van der Waals surface area (Å²) in [4.78, 5) is 35.8. The topological polar surface area (TPSA) is 127 Å². The molecule has 0 radical (unpaired) electrons. The molecule has 1 aromatic rings. The second kappa shape index (κ2) is 5.95. The number of ether oxygens (including phenoxy) is 2. The fraction of sp³-hybridized carbons (Fsp3) is 0.545. The zero-order chi connectivity index (χ0) is 15.6. The lowest BCUT2D eigenvalue weighted by atomic mass is 10.2. The Kier molecular flexibility index (Phi) is 4.26. The van der Waals surface area contributed by atoms with Crippen molar-refractivity contribution in [3.05, 3.63) is 32.6 Å². The van der Waals surface area contributed by atoms with Crippen molar-refractivity contribution >= 4 is 6.09 Å². The standard InChI is InChI=1S/C11H13FN4O5/c1-5-3-16(10(18)14-9(5)17)8-2-6(12)7(21-8)4-20-11(19)15-13/h3,6-8,13H,2,4H2,1H3,(H,14,17,18)/t6?,7-,8-/m1/s1. The summed E-state index contributed by atoms with van der Waals surface area (Å²) in [6.45, 7) is 1.10. The number of amides is 1. The van der Waals surface area contributed by atoms with E-state index >= 15 is 0 Å². The van der Waals surface area contributed by atoms with Crippen molar-refractivity contribution in [2.45, 2.75) is 31.8 Å². The summed E-state index contributed by atoms with van der Waals surface area (Å²) in [7, 11) is 0. The number of hydrogen-bond acceptors (Lipinski definition) is 6. The van der Waals surface area contributed by atoms with Crippen molar-refractivity contribution in [1.29, 1.82) is 5.53 Å². The van der Waals surface area contributed by atoms with Crippen LogP contribution in [-0.2, 0) is 9.47 Å². The average Bonchev–Trinajstić information content (AvgIpc) is 2.81. The molecular formula is C11H13FN4O5. The van der Waals surface area contributed by atoms with E-state index in [2.05, 4.69) is 14.8 Å². The average molecular weight is 300 g/mol. The first-order chi connectivity index (χ1) is 9.92. The maximum atomic E-state index is 13.8. The quantitative estimate of drug-likeness (QED) is 0.792. The number of hydrogen-bond donors (Lipinski definition) is 2. The Balaban J connectivity index is 2.12. The molecule has 114 valence electrons. The molecule has 0 saturated carbocycles. The molecule has 1 fully saturated rings. The number of rotatable bonds is 3. The van der Waals surface area contributed by atoms with Crippen LogP contribution in [0.5, 0.6) is 0 Å². The minimum Gasteiger partial charge on any atom is -0.444 e. The van der Waals surface area contributed by atoms with Gasteiger partial charge in [0.15, 0.2) is 0 Å². The molecule has 0 aromatic carbocycles. The Morgan fingerprint density at radius 1 is 1.67 bits per heavy atom. The molecule has 3 atom stereocenters. The van der Waals surface area contributed by atoms with E-state index in [1.165, 1.54) is 13.1 Å². The largest absolute Gasteiger partial charge is 0.451 e. The lowest BCUT2D eigenvalue weighted by Gasteiger charge is -2.15. The van der Waals surface area contributed by atoms with Gasteiger partial charge in [0.2, 0.25) is 0 Å². The first-order valence-corrected chi connectivity index (χ1v) is 6.08. The highest BCUT2D eigenvalue weighted by atomic mass is 19.1.